The molecule has 0 bridgehead atoms. The third-order valence-corrected chi connectivity index (χ3v) is 14.4. The Labute approximate surface area is 467 Å². The Morgan fingerprint density at radius 1 is 0.289 bits per heavy atom. The molecule has 0 N–H and O–H groups in total. The minimum Gasteiger partial charge on any atom is -0.310 e. The van der Waals surface area contributed by atoms with Gasteiger partial charge in [-0.25, -0.2) is 0 Å². The fraction of sp³-hybridized carbons (Fsp3) is 0. The highest BCUT2D eigenvalue weighted by Crippen LogP contribution is 2.35. The molecular weight excluding hydrogens is 899 g/mol. The minimum atomic E-state index is -0.282. The van der Waals surface area contributed by atoms with E-state index in [2.05, 4.69) is 0 Å². The number of nitriles is 1. The van der Waals surface area contributed by atoms with Crippen molar-refractivity contribution in [3.63, 3.8) is 0 Å². The summed E-state index contributed by atoms with van der Waals surface area (Å²) in [6.45, 7) is 0. The molecule has 0 saturated heterocycles. The zero-order chi connectivity index (χ0) is 55.1. The molecule has 11 rings (SSSR count). The molecule has 30 heteroatoms. The van der Waals surface area contributed by atoms with Crippen LogP contribution >= 0.6 is 0 Å². The second-order valence-corrected chi connectivity index (χ2v) is 18.1. The average molecular weight is 903 g/mol. The van der Waals surface area contributed by atoms with E-state index in [0.717, 1.165) is 0 Å². The van der Waals surface area contributed by atoms with E-state index in [1.165, 1.54) is 9.13 Å². The lowest BCUT2D eigenvalue weighted by Crippen LogP contribution is -2.49. The van der Waals surface area contributed by atoms with Gasteiger partial charge in [0.25, 0.3) is 0 Å². The third kappa shape index (κ3) is 6.59. The van der Waals surface area contributed by atoms with Gasteiger partial charge in [0.15, 0.2) is 5.82 Å². The summed E-state index contributed by atoms with van der Waals surface area (Å²) in [6, 6.07) is 8.70. The van der Waals surface area contributed by atoms with Gasteiger partial charge in [-0.1, -0.05) is 83.1 Å². The van der Waals surface area contributed by atoms with Gasteiger partial charge in [0.1, 0.15) is 180 Å². The van der Waals surface area contributed by atoms with Crippen molar-refractivity contribution in [3.8, 4) is 35.0 Å². The van der Waals surface area contributed by atoms with Crippen molar-refractivity contribution in [2.75, 3.05) is 0 Å². The van der Waals surface area contributed by atoms with Crippen molar-refractivity contribution in [2.45, 2.75) is 0 Å². The van der Waals surface area contributed by atoms with Crippen LogP contribution in [0.25, 0.3) is 94.4 Å². The van der Waals surface area contributed by atoms with Gasteiger partial charge in [-0.3, -0.25) is 9.13 Å². The van der Waals surface area contributed by atoms with E-state index < -0.39 is 0 Å². The molecule has 0 saturated carbocycles. The summed E-state index contributed by atoms with van der Waals surface area (Å²) in [5.74, 6) is -0.724. The van der Waals surface area contributed by atoms with Crippen molar-refractivity contribution in [1.29, 1.82) is 5.26 Å². The summed E-state index contributed by atoms with van der Waals surface area (Å²) in [7, 11) is 154. The van der Waals surface area contributed by atoms with Crippen LogP contribution in [0.15, 0.2) is 24.3 Å². The Balaban J connectivity index is 1.41. The van der Waals surface area contributed by atoms with E-state index in [4.69, 9.17) is 195 Å². The van der Waals surface area contributed by atoms with Crippen LogP contribution in [0.1, 0.15) is 5.56 Å². The summed E-state index contributed by atoms with van der Waals surface area (Å²) >= 11 is 0. The first-order chi connectivity index (χ1) is 35.8. The van der Waals surface area contributed by atoms with E-state index in [9.17, 15) is 5.26 Å². The highest BCUT2D eigenvalue weighted by molar-refractivity contribution is 6.74. The number of aromatic nitrogens is 6. The Bertz CT molecular complexity index is 4310. The molecule has 0 aliphatic rings. The van der Waals surface area contributed by atoms with Gasteiger partial charge >= 0.3 is 0 Å². The molecule has 0 spiro atoms. The Morgan fingerprint density at radius 2 is 0.553 bits per heavy atom. The van der Waals surface area contributed by atoms with Crippen LogP contribution in [0.5, 0.6) is 0 Å². The zero-order valence-corrected chi connectivity index (χ0v) is 39.7. The standard InChI is InChI=1S/C46H4B23N7/c47-15-7(5-70)16(48)32(64)38-9(15)10-17(49)22(54)27(59)33(65)39(10)74(38)8-4-2-1-3-6(8)44-71-45(75-40-11(18(50)23(55)28(60)34(40)66)12-19(51)24(56)29(61)35(67)41(12)75)73-46(72-44)76-42-13(20(52)25(57)30(62)36(42)68)14-21(53)26(58)31(63)37(69)43(14)76/h1-4H. The van der Waals surface area contributed by atoms with Crippen molar-refractivity contribution < 1.29 is 0 Å². The van der Waals surface area contributed by atoms with Crippen LogP contribution in [0.4, 0.5) is 0 Å². The van der Waals surface area contributed by atoms with Crippen molar-refractivity contribution >= 4 is 372 Å². The molecule has 7 aromatic carbocycles. The second kappa shape index (κ2) is 17.7. The lowest BCUT2D eigenvalue weighted by molar-refractivity contribution is 0.895. The summed E-state index contributed by atoms with van der Waals surface area (Å²) in [5, 5.41) is 11.2. The molecule has 0 amide bonds. The molecule has 0 atom stereocenters. The normalized spacial score (nSPS) is 11.8. The van der Waals surface area contributed by atoms with Gasteiger partial charge in [-0.05, 0) is 39.1 Å². The van der Waals surface area contributed by atoms with Gasteiger partial charge in [0.2, 0.25) is 11.9 Å². The molecule has 0 unspecified atom stereocenters. The first-order valence-corrected chi connectivity index (χ1v) is 22.3. The molecule has 0 aliphatic heterocycles. The van der Waals surface area contributed by atoms with Gasteiger partial charge in [0, 0.05) is 49.6 Å². The topological polar surface area (TPSA) is 77.2 Å². The number of benzene rings is 7. The van der Waals surface area contributed by atoms with Crippen molar-refractivity contribution in [1.82, 2.24) is 28.7 Å². The maximum atomic E-state index is 10.3. The van der Waals surface area contributed by atoms with Crippen LogP contribution in [0.3, 0.4) is 0 Å². The van der Waals surface area contributed by atoms with Crippen molar-refractivity contribution in [2.24, 2.45) is 0 Å². The largest absolute Gasteiger partial charge is 0.310 e. The number of para-hydroxylation sites is 1. The van der Waals surface area contributed by atoms with E-state index in [1.807, 2.05) is 6.07 Å². The molecule has 0 fully saturated rings. The lowest BCUT2D eigenvalue weighted by Gasteiger charge is -2.21. The van der Waals surface area contributed by atoms with E-state index in [0.29, 0.717) is 0 Å². The number of fused-ring (bicyclic) bond motifs is 9. The molecule has 4 heterocycles. The number of rotatable bonds is 4. The average Bonchev–Trinajstić information content (AvgIpc) is 4.31. The quantitative estimate of drug-likeness (QED) is 0.165. The summed E-state index contributed by atoms with van der Waals surface area (Å²) in [5.41, 5.74) is -1.37. The zero-order valence-electron chi connectivity index (χ0n) is 39.7. The molecule has 4 aromatic heterocycles. The van der Waals surface area contributed by atoms with E-state index >= 15 is 0 Å². The molecule has 0 aliphatic carbocycles. The smallest absolute Gasteiger partial charge is 0.240 e. The Morgan fingerprint density at radius 3 is 0.868 bits per heavy atom. The first kappa shape index (κ1) is 52.0. The van der Waals surface area contributed by atoms with Crippen LogP contribution in [0, 0.1) is 11.3 Å². The predicted molar refractivity (Wildman–Crippen MR) is 337 cm³/mol. The second-order valence-electron chi connectivity index (χ2n) is 18.1. The van der Waals surface area contributed by atoms with E-state index in [1.54, 1.807) is 28.8 Å². The van der Waals surface area contributed by atoms with Gasteiger partial charge in [-0.2, -0.15) is 20.2 Å². The summed E-state index contributed by atoms with van der Waals surface area (Å²) in [6.07, 6.45) is 0. The Hall–Kier alpha value is -6.07. The maximum absolute atomic E-state index is 10.3. The number of hydrogen-bond acceptors (Lipinski definition) is 4. The van der Waals surface area contributed by atoms with Gasteiger partial charge in [0.05, 0.1) is 11.8 Å². The minimum absolute atomic E-state index is 0.0350. The molecule has 76 heavy (non-hydrogen) atoms. The van der Waals surface area contributed by atoms with Crippen LogP contribution < -0.4 is 126 Å². The van der Waals surface area contributed by atoms with Crippen LogP contribution in [-0.4, -0.2) is 209 Å². The first-order valence-electron chi connectivity index (χ1n) is 22.3. The molecule has 7 nitrogen and oxygen atoms in total. The molecule has 11 aromatic rings. The Kier molecular flexibility index (Phi) is 12.1. The molecular formula is C46H4B23N7. The highest BCUT2D eigenvalue weighted by atomic mass is 15.3. The number of hydrogen-bond donors (Lipinski definition) is 0. The van der Waals surface area contributed by atoms with Gasteiger partial charge < -0.3 is 4.57 Å². The predicted octanol–water partition coefficient (Wildman–Crippen LogP) is -17.0. The third-order valence-electron chi connectivity index (χ3n) is 14.4. The van der Waals surface area contributed by atoms with Crippen molar-refractivity contribution in [3.05, 3.63) is 29.8 Å². The monoisotopic (exact) mass is 907 g/mol. The summed E-state index contributed by atoms with van der Waals surface area (Å²) in [4.78, 5) is 15.4. The fourth-order valence-electron chi connectivity index (χ4n) is 10.4. The highest BCUT2D eigenvalue weighted by Gasteiger charge is 2.30. The summed E-state index contributed by atoms with van der Waals surface area (Å²) < 4.78 is 4.39. The number of nitrogens with zero attached hydrogens (tertiary/aromatic N) is 7. The SMILES string of the molecule is [B]c1c([B])c([B])c2c(c1[B])c1c([B])c([B])c([B])c([B])c1n2-c1nc(-c2ccccc2-n2c3c([B])c([B])c([B])c([B])c3c3c([B])c(C#N)c([B])c([B])c32)nc(-n2c3c([B])c([B])c([B])c([B])c3c3c([B])c([B])c([B])c([B])c32)n1. The fourth-order valence-corrected chi connectivity index (χ4v) is 10.4. The van der Waals surface area contributed by atoms with Crippen LogP contribution in [-0.2, 0) is 0 Å². The van der Waals surface area contributed by atoms with E-state index in [-0.39, 0.29) is 226 Å². The molecule has 46 radical (unpaired) electrons. The lowest BCUT2D eigenvalue weighted by atomic mass is 9.63. The molecule has 292 valence electrons. The maximum Gasteiger partial charge on any atom is 0.240 e. The van der Waals surface area contributed by atoms with Gasteiger partial charge in [-0.15, -0.1) is 54.6 Å². The van der Waals surface area contributed by atoms with Crippen LogP contribution in [0.2, 0.25) is 0 Å².